The molecule has 2 rings (SSSR count). The van der Waals surface area contributed by atoms with Gasteiger partial charge >= 0.3 is 0 Å². The fraction of sp³-hybridized carbons (Fsp3) is 0.316. The van der Waals surface area contributed by atoms with Crippen molar-refractivity contribution in [2.24, 2.45) is 0 Å². The SMILES string of the molecule is CCCc1ccc(OCCNC(=O)c2ccc(C)cc2Cl)cc1. The quantitative estimate of drug-likeness (QED) is 0.763. The third kappa shape index (κ3) is 5.29. The summed E-state index contributed by atoms with van der Waals surface area (Å²) in [5, 5.41) is 3.28. The zero-order chi connectivity index (χ0) is 16.7. The second-order valence-corrected chi connectivity index (χ2v) is 5.89. The van der Waals surface area contributed by atoms with Gasteiger partial charge < -0.3 is 10.1 Å². The number of hydrogen-bond donors (Lipinski definition) is 1. The molecular formula is C19H22ClNO2. The van der Waals surface area contributed by atoms with E-state index < -0.39 is 0 Å². The lowest BCUT2D eigenvalue weighted by Crippen LogP contribution is -2.28. The maximum atomic E-state index is 12.1. The van der Waals surface area contributed by atoms with Crippen molar-refractivity contribution in [3.05, 3.63) is 64.2 Å². The Hall–Kier alpha value is -2.00. The Morgan fingerprint density at radius 2 is 1.91 bits per heavy atom. The first-order valence-electron chi connectivity index (χ1n) is 7.86. The van der Waals surface area contributed by atoms with Crippen LogP contribution in [0.4, 0.5) is 0 Å². The number of carbonyl (C=O) groups excluding carboxylic acids is 1. The molecule has 2 aromatic carbocycles. The molecule has 1 N–H and O–H groups in total. The lowest BCUT2D eigenvalue weighted by molar-refractivity contribution is 0.0947. The van der Waals surface area contributed by atoms with Crippen molar-refractivity contribution < 1.29 is 9.53 Å². The van der Waals surface area contributed by atoms with Crippen LogP contribution in [0.5, 0.6) is 5.75 Å². The predicted molar refractivity (Wildman–Crippen MR) is 94.5 cm³/mol. The molecule has 0 fully saturated rings. The summed E-state index contributed by atoms with van der Waals surface area (Å²) in [6.07, 6.45) is 2.21. The highest BCUT2D eigenvalue weighted by Gasteiger charge is 2.09. The lowest BCUT2D eigenvalue weighted by Gasteiger charge is -2.09. The van der Waals surface area contributed by atoms with Crippen molar-refractivity contribution >= 4 is 17.5 Å². The Kier molecular flexibility index (Phi) is 6.48. The van der Waals surface area contributed by atoms with E-state index in [4.69, 9.17) is 16.3 Å². The monoisotopic (exact) mass is 331 g/mol. The number of aryl methyl sites for hydroxylation is 2. The number of benzene rings is 2. The number of nitrogens with one attached hydrogen (secondary N) is 1. The molecule has 122 valence electrons. The lowest BCUT2D eigenvalue weighted by atomic mass is 10.1. The number of carbonyl (C=O) groups is 1. The molecular weight excluding hydrogens is 310 g/mol. The van der Waals surface area contributed by atoms with Crippen LogP contribution >= 0.6 is 11.6 Å². The molecule has 0 spiro atoms. The molecule has 4 heteroatoms. The zero-order valence-corrected chi connectivity index (χ0v) is 14.3. The smallest absolute Gasteiger partial charge is 0.252 e. The van der Waals surface area contributed by atoms with Gasteiger partial charge in [0.05, 0.1) is 17.1 Å². The number of hydrogen-bond acceptors (Lipinski definition) is 2. The number of halogens is 1. The molecule has 0 aliphatic carbocycles. The van der Waals surface area contributed by atoms with E-state index in [2.05, 4.69) is 24.4 Å². The molecule has 0 aromatic heterocycles. The van der Waals surface area contributed by atoms with Gasteiger partial charge in [0.2, 0.25) is 0 Å². The molecule has 2 aromatic rings. The van der Waals surface area contributed by atoms with Crippen LogP contribution in [-0.2, 0) is 6.42 Å². The normalized spacial score (nSPS) is 10.4. The highest BCUT2D eigenvalue weighted by molar-refractivity contribution is 6.33. The van der Waals surface area contributed by atoms with Crippen molar-refractivity contribution in [3.8, 4) is 5.75 Å². The molecule has 0 aliphatic rings. The van der Waals surface area contributed by atoms with E-state index in [0.29, 0.717) is 23.7 Å². The van der Waals surface area contributed by atoms with Crippen LogP contribution in [0.15, 0.2) is 42.5 Å². The second-order valence-electron chi connectivity index (χ2n) is 5.48. The first-order valence-corrected chi connectivity index (χ1v) is 8.24. The molecule has 0 unspecified atom stereocenters. The topological polar surface area (TPSA) is 38.3 Å². The second kappa shape index (κ2) is 8.59. The summed E-state index contributed by atoms with van der Waals surface area (Å²) in [5.41, 5.74) is 2.82. The van der Waals surface area contributed by atoms with E-state index in [-0.39, 0.29) is 5.91 Å². The van der Waals surface area contributed by atoms with Gasteiger partial charge in [0.1, 0.15) is 12.4 Å². The van der Waals surface area contributed by atoms with Gasteiger partial charge in [-0.05, 0) is 48.7 Å². The first-order chi connectivity index (χ1) is 11.1. The number of rotatable bonds is 7. The highest BCUT2D eigenvalue weighted by atomic mass is 35.5. The van der Waals surface area contributed by atoms with Gasteiger partial charge in [0.15, 0.2) is 0 Å². The largest absolute Gasteiger partial charge is 0.492 e. The zero-order valence-electron chi connectivity index (χ0n) is 13.6. The predicted octanol–water partition coefficient (Wildman–Crippen LogP) is 4.41. The Morgan fingerprint density at radius 3 is 2.57 bits per heavy atom. The Bertz CT molecular complexity index is 653. The van der Waals surface area contributed by atoms with E-state index in [9.17, 15) is 4.79 Å². The van der Waals surface area contributed by atoms with Gasteiger partial charge in [-0.15, -0.1) is 0 Å². The van der Waals surface area contributed by atoms with Gasteiger partial charge in [-0.25, -0.2) is 0 Å². The minimum Gasteiger partial charge on any atom is -0.492 e. The summed E-state index contributed by atoms with van der Waals surface area (Å²) >= 11 is 6.08. The Balaban J connectivity index is 1.77. The van der Waals surface area contributed by atoms with Crippen LogP contribution in [0.3, 0.4) is 0 Å². The summed E-state index contributed by atoms with van der Waals surface area (Å²) in [4.78, 5) is 12.1. The van der Waals surface area contributed by atoms with Crippen LogP contribution in [0, 0.1) is 6.92 Å². The molecule has 23 heavy (non-hydrogen) atoms. The van der Waals surface area contributed by atoms with Gasteiger partial charge in [-0.2, -0.15) is 0 Å². The Morgan fingerprint density at radius 1 is 1.17 bits per heavy atom. The van der Waals surface area contributed by atoms with Crippen molar-refractivity contribution in [1.29, 1.82) is 0 Å². The fourth-order valence-electron chi connectivity index (χ4n) is 2.27. The molecule has 1 amide bonds. The fourth-order valence-corrected chi connectivity index (χ4v) is 2.59. The molecule has 0 radical (unpaired) electrons. The summed E-state index contributed by atoms with van der Waals surface area (Å²) in [7, 11) is 0. The van der Waals surface area contributed by atoms with Gasteiger partial charge in [-0.1, -0.05) is 43.1 Å². The summed E-state index contributed by atoms with van der Waals surface area (Å²) in [5.74, 6) is 0.629. The average molecular weight is 332 g/mol. The minimum absolute atomic E-state index is 0.183. The summed E-state index contributed by atoms with van der Waals surface area (Å²) in [6, 6.07) is 13.5. The average Bonchev–Trinajstić information content (AvgIpc) is 2.53. The molecule has 0 heterocycles. The van der Waals surface area contributed by atoms with Gasteiger partial charge in [0, 0.05) is 0 Å². The van der Waals surface area contributed by atoms with Crippen molar-refractivity contribution in [2.75, 3.05) is 13.2 Å². The molecule has 3 nitrogen and oxygen atoms in total. The van der Waals surface area contributed by atoms with Gasteiger partial charge in [0.25, 0.3) is 5.91 Å². The van der Waals surface area contributed by atoms with Crippen LogP contribution in [0.1, 0.15) is 34.8 Å². The van der Waals surface area contributed by atoms with Crippen molar-refractivity contribution in [2.45, 2.75) is 26.7 Å². The summed E-state index contributed by atoms with van der Waals surface area (Å²) < 4.78 is 5.63. The van der Waals surface area contributed by atoms with E-state index in [1.54, 1.807) is 12.1 Å². The van der Waals surface area contributed by atoms with Crippen LogP contribution < -0.4 is 10.1 Å². The molecule has 0 bridgehead atoms. The van der Waals surface area contributed by atoms with E-state index in [1.165, 1.54) is 5.56 Å². The molecule has 0 saturated carbocycles. The van der Waals surface area contributed by atoms with E-state index >= 15 is 0 Å². The molecule has 0 aliphatic heterocycles. The van der Waals surface area contributed by atoms with Crippen LogP contribution in [-0.4, -0.2) is 19.1 Å². The van der Waals surface area contributed by atoms with Gasteiger partial charge in [-0.3, -0.25) is 4.79 Å². The molecule has 0 saturated heterocycles. The summed E-state index contributed by atoms with van der Waals surface area (Å²) in [6.45, 7) is 4.95. The van der Waals surface area contributed by atoms with E-state index in [0.717, 1.165) is 24.2 Å². The van der Waals surface area contributed by atoms with Crippen molar-refractivity contribution in [3.63, 3.8) is 0 Å². The van der Waals surface area contributed by atoms with Crippen LogP contribution in [0.25, 0.3) is 0 Å². The standard InChI is InChI=1S/C19H22ClNO2/c1-3-4-15-6-8-16(9-7-15)23-12-11-21-19(22)17-10-5-14(2)13-18(17)20/h5-10,13H,3-4,11-12H2,1-2H3,(H,21,22). The Labute approximate surface area is 142 Å². The third-order valence-corrected chi connectivity index (χ3v) is 3.80. The number of ether oxygens (including phenoxy) is 1. The van der Waals surface area contributed by atoms with Crippen LogP contribution in [0.2, 0.25) is 5.02 Å². The van der Waals surface area contributed by atoms with Crippen molar-refractivity contribution in [1.82, 2.24) is 5.32 Å². The number of amides is 1. The van der Waals surface area contributed by atoms with E-state index in [1.807, 2.05) is 25.1 Å². The first kappa shape index (κ1) is 17.4. The molecule has 0 atom stereocenters. The maximum absolute atomic E-state index is 12.1. The minimum atomic E-state index is -0.183. The third-order valence-electron chi connectivity index (χ3n) is 3.49. The maximum Gasteiger partial charge on any atom is 0.252 e. The highest BCUT2D eigenvalue weighted by Crippen LogP contribution is 2.17.